The van der Waals surface area contributed by atoms with Gasteiger partial charge < -0.3 is 9.47 Å². The lowest BCUT2D eigenvalue weighted by atomic mass is 10.2. The van der Waals surface area contributed by atoms with E-state index in [4.69, 9.17) is 4.74 Å². The number of carbonyl (C=O) groups is 2. The lowest BCUT2D eigenvalue weighted by Gasteiger charge is -2.19. The number of nitrogens with one attached hydrogen (secondary N) is 1. The van der Waals surface area contributed by atoms with Crippen molar-refractivity contribution >= 4 is 17.9 Å². The molecular weight excluding hydrogens is 255 g/mol. The van der Waals surface area contributed by atoms with Crippen LogP contribution in [0.15, 0.2) is 12.3 Å². The van der Waals surface area contributed by atoms with Crippen molar-refractivity contribution in [2.24, 2.45) is 0 Å². The molecule has 0 bridgehead atoms. The zero-order valence-electron chi connectivity index (χ0n) is 11.1. The molecule has 6 nitrogen and oxygen atoms in total. The van der Waals surface area contributed by atoms with Gasteiger partial charge in [-0.25, -0.2) is 19.0 Å². The lowest BCUT2D eigenvalue weighted by molar-refractivity contribution is 0.0591. The van der Waals surface area contributed by atoms with Gasteiger partial charge in [0, 0.05) is 0 Å². The van der Waals surface area contributed by atoms with Crippen LogP contribution in [0.1, 0.15) is 31.1 Å². The molecule has 1 heterocycles. The molecule has 0 aliphatic heterocycles. The maximum Gasteiger partial charge on any atom is 0.413 e. The molecule has 0 aromatic carbocycles. The van der Waals surface area contributed by atoms with Gasteiger partial charge in [0.2, 0.25) is 0 Å². The Hall–Kier alpha value is -2.18. The van der Waals surface area contributed by atoms with Gasteiger partial charge in [-0.2, -0.15) is 0 Å². The molecule has 1 N–H and O–H groups in total. The van der Waals surface area contributed by atoms with Crippen molar-refractivity contribution in [3.8, 4) is 0 Å². The number of hydrogen-bond acceptors (Lipinski definition) is 5. The van der Waals surface area contributed by atoms with E-state index in [-0.39, 0.29) is 11.4 Å². The van der Waals surface area contributed by atoms with Crippen LogP contribution in [0.4, 0.5) is 15.0 Å². The second-order valence-corrected chi connectivity index (χ2v) is 4.67. The summed E-state index contributed by atoms with van der Waals surface area (Å²) < 4.78 is 22.7. The third-order valence-corrected chi connectivity index (χ3v) is 1.89. The molecule has 7 heteroatoms. The van der Waals surface area contributed by atoms with E-state index >= 15 is 0 Å². The highest BCUT2D eigenvalue weighted by atomic mass is 19.1. The average molecular weight is 270 g/mol. The largest absolute Gasteiger partial charge is 0.465 e. The molecule has 0 radical (unpaired) electrons. The van der Waals surface area contributed by atoms with Gasteiger partial charge >= 0.3 is 12.1 Å². The molecule has 0 unspecified atom stereocenters. The molecule has 1 aromatic rings. The fraction of sp³-hybridized carbons (Fsp3) is 0.417. The van der Waals surface area contributed by atoms with E-state index in [1.165, 1.54) is 0 Å². The van der Waals surface area contributed by atoms with E-state index in [1.54, 1.807) is 20.8 Å². The molecule has 0 aliphatic rings. The monoisotopic (exact) mass is 270 g/mol. The molecular formula is C12H15FN2O4. The molecule has 19 heavy (non-hydrogen) atoms. The minimum Gasteiger partial charge on any atom is -0.465 e. The Morgan fingerprint density at radius 1 is 1.37 bits per heavy atom. The van der Waals surface area contributed by atoms with Crippen LogP contribution in [0.2, 0.25) is 0 Å². The Morgan fingerprint density at radius 2 is 2.00 bits per heavy atom. The first-order valence-corrected chi connectivity index (χ1v) is 5.47. The second kappa shape index (κ2) is 5.64. The van der Waals surface area contributed by atoms with Crippen LogP contribution >= 0.6 is 0 Å². The van der Waals surface area contributed by atoms with Gasteiger partial charge in [-0.3, -0.25) is 5.32 Å². The van der Waals surface area contributed by atoms with E-state index in [0.717, 1.165) is 19.4 Å². The fourth-order valence-corrected chi connectivity index (χ4v) is 1.18. The Labute approximate surface area is 109 Å². The number of esters is 1. The number of halogens is 1. The van der Waals surface area contributed by atoms with Crippen molar-refractivity contribution < 1.29 is 23.5 Å². The molecule has 1 aromatic heterocycles. The number of rotatable bonds is 2. The Bertz CT molecular complexity index is 497. The van der Waals surface area contributed by atoms with Crippen LogP contribution in [-0.2, 0) is 9.47 Å². The Kier molecular flexibility index (Phi) is 4.42. The SMILES string of the molecule is COC(=O)c1cc(NC(=O)OC(C)(C)C)ncc1F. The number of anilines is 1. The maximum absolute atomic E-state index is 13.3. The van der Waals surface area contributed by atoms with Gasteiger partial charge in [0.05, 0.1) is 13.3 Å². The van der Waals surface area contributed by atoms with Gasteiger partial charge in [0.1, 0.15) is 17.0 Å². The van der Waals surface area contributed by atoms with E-state index in [2.05, 4.69) is 15.0 Å². The first kappa shape index (κ1) is 14.9. The first-order valence-electron chi connectivity index (χ1n) is 5.47. The lowest BCUT2D eigenvalue weighted by Crippen LogP contribution is -2.27. The van der Waals surface area contributed by atoms with Gasteiger partial charge in [0.25, 0.3) is 0 Å². The molecule has 0 atom stereocenters. The van der Waals surface area contributed by atoms with E-state index in [0.29, 0.717) is 0 Å². The number of nitrogens with zero attached hydrogens (tertiary/aromatic N) is 1. The van der Waals surface area contributed by atoms with Crippen molar-refractivity contribution in [2.75, 3.05) is 12.4 Å². The minimum absolute atomic E-state index is 0.00366. The number of hydrogen-bond donors (Lipinski definition) is 1. The molecule has 0 fully saturated rings. The van der Waals surface area contributed by atoms with Gasteiger partial charge in [-0.1, -0.05) is 0 Å². The molecule has 0 spiro atoms. The van der Waals surface area contributed by atoms with E-state index in [1.807, 2.05) is 0 Å². The summed E-state index contributed by atoms with van der Waals surface area (Å²) in [6, 6.07) is 1.07. The van der Waals surface area contributed by atoms with Crippen LogP contribution in [0.25, 0.3) is 0 Å². The van der Waals surface area contributed by atoms with Gasteiger partial charge in [-0.15, -0.1) is 0 Å². The number of amides is 1. The Balaban J connectivity index is 2.86. The zero-order valence-corrected chi connectivity index (χ0v) is 11.1. The summed E-state index contributed by atoms with van der Waals surface area (Å²) in [5.74, 6) is -1.69. The summed E-state index contributed by atoms with van der Waals surface area (Å²) in [4.78, 5) is 26.4. The smallest absolute Gasteiger partial charge is 0.413 e. The minimum atomic E-state index is -0.855. The van der Waals surface area contributed by atoms with Crippen LogP contribution in [0.3, 0.4) is 0 Å². The summed E-state index contributed by atoms with van der Waals surface area (Å²) in [7, 11) is 1.13. The number of carbonyl (C=O) groups excluding carboxylic acids is 2. The molecule has 1 amide bonds. The predicted octanol–water partition coefficient (Wildman–Crippen LogP) is 2.35. The first-order chi connectivity index (χ1) is 8.73. The average Bonchev–Trinajstić information content (AvgIpc) is 2.28. The van der Waals surface area contributed by atoms with E-state index in [9.17, 15) is 14.0 Å². The summed E-state index contributed by atoms with van der Waals surface area (Å²) in [5, 5.41) is 2.30. The van der Waals surface area contributed by atoms with Crippen LogP contribution < -0.4 is 5.32 Å². The maximum atomic E-state index is 13.3. The van der Waals surface area contributed by atoms with E-state index < -0.39 is 23.5 Å². The number of methoxy groups -OCH3 is 1. The number of aromatic nitrogens is 1. The van der Waals surface area contributed by atoms with Crippen molar-refractivity contribution in [1.29, 1.82) is 0 Å². The van der Waals surface area contributed by atoms with Crippen molar-refractivity contribution in [2.45, 2.75) is 26.4 Å². The van der Waals surface area contributed by atoms with Crippen molar-refractivity contribution in [3.05, 3.63) is 23.6 Å². The van der Waals surface area contributed by atoms with Crippen LogP contribution in [0, 0.1) is 5.82 Å². The third-order valence-electron chi connectivity index (χ3n) is 1.89. The quantitative estimate of drug-likeness (QED) is 0.835. The fourth-order valence-electron chi connectivity index (χ4n) is 1.18. The van der Waals surface area contributed by atoms with Gasteiger partial charge in [0.15, 0.2) is 5.82 Å². The third kappa shape index (κ3) is 4.53. The van der Waals surface area contributed by atoms with Crippen molar-refractivity contribution in [1.82, 2.24) is 4.98 Å². The summed E-state index contributed by atoms with van der Waals surface area (Å²) in [5.41, 5.74) is -0.987. The standard InChI is InChI=1S/C12H15FN2O4/c1-12(2,3)19-11(17)15-9-5-7(10(16)18-4)8(13)6-14-9/h5-6H,1-4H3,(H,14,15,17). The number of ether oxygens (including phenoxy) is 2. The molecule has 0 saturated carbocycles. The molecule has 104 valence electrons. The molecule has 0 saturated heterocycles. The summed E-state index contributed by atoms with van der Waals surface area (Å²) in [6.45, 7) is 5.10. The highest BCUT2D eigenvalue weighted by Crippen LogP contribution is 2.14. The second-order valence-electron chi connectivity index (χ2n) is 4.67. The van der Waals surface area contributed by atoms with Crippen LogP contribution in [0.5, 0.6) is 0 Å². The summed E-state index contributed by atoms with van der Waals surface area (Å²) in [6.07, 6.45) is 0.0707. The normalized spacial score (nSPS) is 10.8. The molecule has 0 aliphatic carbocycles. The van der Waals surface area contributed by atoms with Crippen molar-refractivity contribution in [3.63, 3.8) is 0 Å². The zero-order chi connectivity index (χ0) is 14.6. The molecule has 1 rings (SSSR count). The highest BCUT2D eigenvalue weighted by molar-refractivity contribution is 5.92. The predicted molar refractivity (Wildman–Crippen MR) is 65.4 cm³/mol. The van der Waals surface area contributed by atoms with Crippen LogP contribution in [-0.4, -0.2) is 29.8 Å². The summed E-state index contributed by atoms with van der Waals surface area (Å²) >= 11 is 0. The Morgan fingerprint density at radius 3 is 2.53 bits per heavy atom. The highest BCUT2D eigenvalue weighted by Gasteiger charge is 2.18. The van der Waals surface area contributed by atoms with Gasteiger partial charge in [-0.05, 0) is 26.8 Å². The topological polar surface area (TPSA) is 77.5 Å². The number of pyridine rings is 1.